The Morgan fingerprint density at radius 2 is 2.04 bits per heavy atom. The SMILES string of the molecule is Cc1ccc(C)c(N2N=C(C(=O)Nc3nc(-c4cccs4)cs3)CCC2=O)c1. The predicted molar refractivity (Wildman–Crippen MR) is 114 cm³/mol. The van der Waals surface area contributed by atoms with Gasteiger partial charge in [-0.15, -0.1) is 22.7 Å². The maximum absolute atomic E-state index is 12.7. The number of anilines is 2. The summed E-state index contributed by atoms with van der Waals surface area (Å²) in [5, 5.41) is 12.9. The second-order valence-corrected chi connectivity index (χ2v) is 8.32. The Morgan fingerprint density at radius 1 is 1.18 bits per heavy atom. The molecule has 0 bridgehead atoms. The molecule has 4 rings (SSSR count). The van der Waals surface area contributed by atoms with E-state index in [0.29, 0.717) is 23.0 Å². The van der Waals surface area contributed by atoms with E-state index in [2.05, 4.69) is 15.4 Å². The largest absolute Gasteiger partial charge is 0.297 e. The number of nitrogens with zero attached hydrogens (tertiary/aromatic N) is 3. The smallest absolute Gasteiger partial charge is 0.273 e. The first-order chi connectivity index (χ1) is 13.5. The van der Waals surface area contributed by atoms with Gasteiger partial charge in [-0.3, -0.25) is 14.9 Å². The molecule has 0 saturated heterocycles. The van der Waals surface area contributed by atoms with E-state index in [1.54, 1.807) is 11.3 Å². The van der Waals surface area contributed by atoms with Crippen LogP contribution < -0.4 is 10.3 Å². The van der Waals surface area contributed by atoms with Gasteiger partial charge in [0, 0.05) is 18.2 Å². The van der Waals surface area contributed by atoms with Crippen molar-refractivity contribution in [2.24, 2.45) is 5.10 Å². The second-order valence-electron chi connectivity index (χ2n) is 6.51. The van der Waals surface area contributed by atoms with Gasteiger partial charge in [0.2, 0.25) is 5.91 Å². The Morgan fingerprint density at radius 3 is 2.82 bits per heavy atom. The molecule has 1 aliphatic heterocycles. The minimum atomic E-state index is -0.324. The molecule has 0 spiro atoms. The third-order valence-corrected chi connectivity index (χ3v) is 6.04. The topological polar surface area (TPSA) is 74.7 Å². The maximum Gasteiger partial charge on any atom is 0.273 e. The number of aryl methyl sites for hydroxylation is 2. The molecule has 0 saturated carbocycles. The molecule has 6 nitrogen and oxygen atoms in total. The molecule has 0 aliphatic carbocycles. The van der Waals surface area contributed by atoms with Gasteiger partial charge < -0.3 is 0 Å². The lowest BCUT2D eigenvalue weighted by Gasteiger charge is -2.24. The summed E-state index contributed by atoms with van der Waals surface area (Å²) in [6, 6.07) is 9.80. The number of hydrogen-bond acceptors (Lipinski definition) is 6. The lowest BCUT2D eigenvalue weighted by atomic mass is 10.1. The molecule has 8 heteroatoms. The van der Waals surface area contributed by atoms with Crippen LogP contribution in [0.25, 0.3) is 10.6 Å². The first-order valence-electron chi connectivity index (χ1n) is 8.80. The second kappa shape index (κ2) is 7.65. The first-order valence-corrected chi connectivity index (χ1v) is 10.6. The quantitative estimate of drug-likeness (QED) is 0.682. The van der Waals surface area contributed by atoms with Crippen molar-refractivity contribution in [3.8, 4) is 10.6 Å². The number of benzene rings is 1. The van der Waals surface area contributed by atoms with Gasteiger partial charge in [0.25, 0.3) is 5.91 Å². The Balaban J connectivity index is 1.55. The van der Waals surface area contributed by atoms with E-state index in [0.717, 1.165) is 21.7 Å². The summed E-state index contributed by atoms with van der Waals surface area (Å²) in [5.41, 5.74) is 3.85. The fourth-order valence-corrected chi connectivity index (χ4v) is 4.36. The van der Waals surface area contributed by atoms with Crippen molar-refractivity contribution in [2.45, 2.75) is 26.7 Å². The molecule has 3 aromatic rings. The number of nitrogens with one attached hydrogen (secondary N) is 1. The normalized spacial score (nSPS) is 14.1. The van der Waals surface area contributed by atoms with E-state index >= 15 is 0 Å². The monoisotopic (exact) mass is 410 g/mol. The zero-order valence-corrected chi connectivity index (χ0v) is 17.1. The fraction of sp³-hybridized carbons (Fsp3) is 0.200. The average Bonchev–Trinajstić information content (AvgIpc) is 3.36. The van der Waals surface area contributed by atoms with Crippen LogP contribution in [0.3, 0.4) is 0 Å². The highest BCUT2D eigenvalue weighted by Gasteiger charge is 2.27. The summed E-state index contributed by atoms with van der Waals surface area (Å²) in [4.78, 5) is 30.6. The van der Waals surface area contributed by atoms with Crippen LogP contribution in [0.1, 0.15) is 24.0 Å². The van der Waals surface area contributed by atoms with Crippen LogP contribution in [-0.2, 0) is 9.59 Å². The zero-order chi connectivity index (χ0) is 19.7. The number of aromatic nitrogens is 1. The molecule has 0 fully saturated rings. The van der Waals surface area contributed by atoms with Crippen molar-refractivity contribution in [3.63, 3.8) is 0 Å². The standard InChI is InChI=1S/C20H18N4O2S2/c1-12-5-6-13(2)16(10-12)24-18(25)8-7-14(23-24)19(26)22-20-21-15(11-28-20)17-4-3-9-27-17/h3-6,9-11H,7-8H2,1-2H3,(H,21,22,26). The summed E-state index contributed by atoms with van der Waals surface area (Å²) >= 11 is 2.97. The molecule has 1 aliphatic rings. The van der Waals surface area contributed by atoms with Crippen LogP contribution >= 0.6 is 22.7 Å². The highest BCUT2D eigenvalue weighted by molar-refractivity contribution is 7.16. The van der Waals surface area contributed by atoms with E-state index in [1.807, 2.05) is 54.9 Å². The van der Waals surface area contributed by atoms with Crippen LogP contribution in [-0.4, -0.2) is 22.5 Å². The molecule has 142 valence electrons. The van der Waals surface area contributed by atoms with Crippen molar-refractivity contribution in [1.82, 2.24) is 4.98 Å². The van der Waals surface area contributed by atoms with Gasteiger partial charge in [-0.25, -0.2) is 9.99 Å². The van der Waals surface area contributed by atoms with Crippen molar-refractivity contribution in [1.29, 1.82) is 0 Å². The highest BCUT2D eigenvalue weighted by atomic mass is 32.1. The molecule has 2 aromatic heterocycles. The van der Waals surface area contributed by atoms with E-state index < -0.39 is 0 Å². The molecule has 0 unspecified atom stereocenters. The van der Waals surface area contributed by atoms with E-state index in [-0.39, 0.29) is 18.2 Å². The van der Waals surface area contributed by atoms with Gasteiger partial charge in [0.05, 0.1) is 16.3 Å². The van der Waals surface area contributed by atoms with Crippen molar-refractivity contribution < 1.29 is 9.59 Å². The highest BCUT2D eigenvalue weighted by Crippen LogP contribution is 2.29. The number of hydrogen-bond donors (Lipinski definition) is 1. The summed E-state index contributed by atoms with van der Waals surface area (Å²) in [5.74, 6) is -0.436. The molecule has 3 heterocycles. The van der Waals surface area contributed by atoms with Gasteiger partial charge >= 0.3 is 0 Å². The third kappa shape index (κ3) is 3.74. The number of thiophene rings is 1. The zero-order valence-electron chi connectivity index (χ0n) is 15.4. The molecule has 1 aromatic carbocycles. The molecule has 2 amide bonds. The Labute approximate surface area is 170 Å². The average molecular weight is 411 g/mol. The molecule has 28 heavy (non-hydrogen) atoms. The third-order valence-electron chi connectivity index (χ3n) is 4.39. The maximum atomic E-state index is 12.7. The van der Waals surface area contributed by atoms with Gasteiger partial charge in [-0.2, -0.15) is 5.10 Å². The van der Waals surface area contributed by atoms with E-state index in [1.165, 1.54) is 16.3 Å². The summed E-state index contributed by atoms with van der Waals surface area (Å²) in [6.45, 7) is 3.88. The molecule has 0 atom stereocenters. The lowest BCUT2D eigenvalue weighted by molar-refractivity contribution is -0.118. The van der Waals surface area contributed by atoms with Gasteiger partial charge in [-0.05, 0) is 42.5 Å². The first kappa shape index (κ1) is 18.5. The number of carbonyl (C=O) groups excluding carboxylic acids is 2. The predicted octanol–water partition coefficient (Wildman–Crippen LogP) is 4.61. The summed E-state index contributed by atoms with van der Waals surface area (Å²) < 4.78 is 0. The minimum Gasteiger partial charge on any atom is -0.297 e. The van der Waals surface area contributed by atoms with Gasteiger partial charge in [0.1, 0.15) is 5.71 Å². The van der Waals surface area contributed by atoms with Crippen LogP contribution in [0.5, 0.6) is 0 Å². The lowest BCUT2D eigenvalue weighted by Crippen LogP contribution is -2.36. The Hall–Kier alpha value is -2.84. The van der Waals surface area contributed by atoms with Gasteiger partial charge in [0.15, 0.2) is 5.13 Å². The Bertz CT molecular complexity index is 1070. The van der Waals surface area contributed by atoms with Crippen LogP contribution in [0.2, 0.25) is 0 Å². The summed E-state index contributed by atoms with van der Waals surface area (Å²) in [7, 11) is 0. The van der Waals surface area contributed by atoms with E-state index in [4.69, 9.17) is 0 Å². The van der Waals surface area contributed by atoms with Crippen LogP contribution in [0, 0.1) is 13.8 Å². The molecule has 1 N–H and O–H groups in total. The van der Waals surface area contributed by atoms with Crippen molar-refractivity contribution in [3.05, 3.63) is 52.2 Å². The van der Waals surface area contributed by atoms with Crippen LogP contribution in [0.15, 0.2) is 46.2 Å². The number of carbonyl (C=O) groups is 2. The van der Waals surface area contributed by atoms with Crippen LogP contribution in [0.4, 0.5) is 10.8 Å². The van der Waals surface area contributed by atoms with Gasteiger partial charge in [-0.1, -0.05) is 18.2 Å². The fourth-order valence-electron chi connectivity index (χ4n) is 2.89. The van der Waals surface area contributed by atoms with E-state index in [9.17, 15) is 9.59 Å². The Kier molecular flexibility index (Phi) is 5.06. The molecule has 0 radical (unpaired) electrons. The number of amides is 2. The molecular weight excluding hydrogens is 392 g/mol. The van der Waals surface area contributed by atoms with Crippen molar-refractivity contribution >= 4 is 51.0 Å². The minimum absolute atomic E-state index is 0.112. The van der Waals surface area contributed by atoms with Crippen molar-refractivity contribution in [2.75, 3.05) is 10.3 Å². The number of thiazole rings is 1. The number of hydrazone groups is 1. The number of rotatable bonds is 4. The summed E-state index contributed by atoms with van der Waals surface area (Å²) in [6.07, 6.45) is 0.563. The molecular formula is C20H18N4O2S2.